The van der Waals surface area contributed by atoms with E-state index in [4.69, 9.17) is 4.74 Å². The maximum atomic E-state index is 12.2. The fourth-order valence-electron chi connectivity index (χ4n) is 3.07. The van der Waals surface area contributed by atoms with Gasteiger partial charge < -0.3 is 4.74 Å². The topological polar surface area (TPSA) is 84.0 Å². The number of imide groups is 2. The number of nitrogens with zero attached hydrogens (tertiary/aromatic N) is 2. The number of hydrogen-bond acceptors (Lipinski definition) is 5. The summed E-state index contributed by atoms with van der Waals surface area (Å²) in [6, 6.07) is 0. The fraction of sp³-hybridized carbons (Fsp3) is 0.625. The Hall–Kier alpha value is -2.02. The Kier molecular flexibility index (Phi) is 4.19. The third kappa shape index (κ3) is 3.34. The molecular formula is C16H22N2O5. The Morgan fingerprint density at radius 1 is 1.09 bits per heavy atom. The van der Waals surface area contributed by atoms with Gasteiger partial charge in [0.05, 0.1) is 12.1 Å². The smallest absolute Gasteiger partial charge is 0.253 e. The Morgan fingerprint density at radius 3 is 2.04 bits per heavy atom. The molecule has 0 saturated carbocycles. The standard InChI is InChI=1S/C16H22N2O5/c1-10-8-13(21)18(14(10)22)16(4,5)23-15(2,3)9-17-11(19)6-7-12(17)20/h6-7,10H,8-9H2,1-5H3. The highest BCUT2D eigenvalue weighted by molar-refractivity contribution is 6.12. The van der Waals surface area contributed by atoms with Gasteiger partial charge in [0.1, 0.15) is 5.72 Å². The molecule has 0 radical (unpaired) electrons. The summed E-state index contributed by atoms with van der Waals surface area (Å²) in [5.74, 6) is -1.71. The van der Waals surface area contributed by atoms with E-state index in [2.05, 4.69) is 0 Å². The largest absolute Gasteiger partial charge is 0.348 e. The molecule has 2 aliphatic rings. The van der Waals surface area contributed by atoms with Gasteiger partial charge in [0.15, 0.2) is 0 Å². The van der Waals surface area contributed by atoms with Crippen molar-refractivity contribution in [1.82, 2.24) is 9.80 Å². The third-order valence-corrected chi connectivity index (χ3v) is 3.88. The van der Waals surface area contributed by atoms with Crippen LogP contribution in [0.15, 0.2) is 12.2 Å². The second-order valence-electron chi connectivity index (χ2n) is 7.08. The van der Waals surface area contributed by atoms with Crippen molar-refractivity contribution in [3.63, 3.8) is 0 Å². The number of carbonyl (C=O) groups is 4. The molecule has 2 aliphatic heterocycles. The zero-order chi connectivity index (χ0) is 17.6. The molecule has 23 heavy (non-hydrogen) atoms. The summed E-state index contributed by atoms with van der Waals surface area (Å²) in [6.45, 7) is 8.43. The lowest BCUT2D eigenvalue weighted by molar-refractivity contribution is -0.205. The van der Waals surface area contributed by atoms with Crippen molar-refractivity contribution >= 4 is 23.6 Å². The first-order chi connectivity index (χ1) is 10.4. The summed E-state index contributed by atoms with van der Waals surface area (Å²) < 4.78 is 5.97. The molecule has 7 heteroatoms. The lowest BCUT2D eigenvalue weighted by Gasteiger charge is -2.41. The van der Waals surface area contributed by atoms with Crippen molar-refractivity contribution in [3.8, 4) is 0 Å². The van der Waals surface area contributed by atoms with Gasteiger partial charge >= 0.3 is 0 Å². The molecule has 0 N–H and O–H groups in total. The van der Waals surface area contributed by atoms with Gasteiger partial charge in [0.25, 0.3) is 11.8 Å². The molecule has 7 nitrogen and oxygen atoms in total. The lowest BCUT2D eigenvalue weighted by atomic mass is 10.1. The van der Waals surface area contributed by atoms with Crippen molar-refractivity contribution in [3.05, 3.63) is 12.2 Å². The molecule has 126 valence electrons. The second kappa shape index (κ2) is 5.56. The number of likely N-dealkylation sites (tertiary alicyclic amines) is 1. The van der Waals surface area contributed by atoms with Crippen LogP contribution in [0.25, 0.3) is 0 Å². The minimum atomic E-state index is -1.17. The number of hydrogen-bond donors (Lipinski definition) is 0. The van der Waals surface area contributed by atoms with Crippen molar-refractivity contribution in [2.75, 3.05) is 6.54 Å². The summed E-state index contributed by atoms with van der Waals surface area (Å²) in [4.78, 5) is 49.8. The van der Waals surface area contributed by atoms with E-state index in [1.807, 2.05) is 0 Å². The summed E-state index contributed by atoms with van der Waals surface area (Å²) in [6.07, 6.45) is 2.58. The van der Waals surface area contributed by atoms with Gasteiger partial charge in [-0.3, -0.25) is 29.0 Å². The molecule has 2 rings (SSSR count). The van der Waals surface area contributed by atoms with E-state index in [-0.39, 0.29) is 30.7 Å². The highest BCUT2D eigenvalue weighted by atomic mass is 16.5. The summed E-state index contributed by atoms with van der Waals surface area (Å²) in [5, 5.41) is 0. The van der Waals surface area contributed by atoms with Crippen molar-refractivity contribution < 1.29 is 23.9 Å². The van der Waals surface area contributed by atoms with Crippen molar-refractivity contribution in [1.29, 1.82) is 0 Å². The van der Waals surface area contributed by atoms with Crippen LogP contribution < -0.4 is 0 Å². The summed E-state index contributed by atoms with van der Waals surface area (Å²) in [7, 11) is 0. The van der Waals surface area contributed by atoms with Crippen molar-refractivity contribution in [2.24, 2.45) is 5.92 Å². The average Bonchev–Trinajstić information content (AvgIpc) is 2.81. The molecule has 4 amide bonds. The number of ether oxygens (including phenoxy) is 1. The predicted molar refractivity (Wildman–Crippen MR) is 80.7 cm³/mol. The number of amides is 4. The molecule has 0 aliphatic carbocycles. The van der Waals surface area contributed by atoms with Crippen LogP contribution in [0.5, 0.6) is 0 Å². The molecule has 0 bridgehead atoms. The first kappa shape index (κ1) is 17.3. The van der Waals surface area contributed by atoms with E-state index in [1.54, 1.807) is 34.6 Å². The predicted octanol–water partition coefficient (Wildman–Crippen LogP) is 0.838. The van der Waals surface area contributed by atoms with E-state index < -0.39 is 23.1 Å². The zero-order valence-electron chi connectivity index (χ0n) is 14.1. The maximum Gasteiger partial charge on any atom is 0.253 e. The van der Waals surface area contributed by atoms with E-state index >= 15 is 0 Å². The molecular weight excluding hydrogens is 300 g/mol. The number of rotatable bonds is 5. The molecule has 2 heterocycles. The van der Waals surface area contributed by atoms with Crippen LogP contribution in [0.2, 0.25) is 0 Å². The Morgan fingerprint density at radius 2 is 1.61 bits per heavy atom. The molecule has 1 fully saturated rings. The van der Waals surface area contributed by atoms with Gasteiger partial charge in [-0.25, -0.2) is 0 Å². The maximum absolute atomic E-state index is 12.2. The summed E-state index contributed by atoms with van der Waals surface area (Å²) >= 11 is 0. The van der Waals surface area contributed by atoms with E-state index in [9.17, 15) is 19.2 Å². The number of carbonyl (C=O) groups excluding carboxylic acids is 4. The quantitative estimate of drug-likeness (QED) is 0.700. The third-order valence-electron chi connectivity index (χ3n) is 3.88. The van der Waals surface area contributed by atoms with Gasteiger partial charge in [-0.2, -0.15) is 0 Å². The Balaban J connectivity index is 2.12. The van der Waals surface area contributed by atoms with Gasteiger partial charge in [-0.05, 0) is 27.7 Å². The van der Waals surface area contributed by atoms with Crippen LogP contribution in [-0.4, -0.2) is 51.3 Å². The molecule has 1 saturated heterocycles. The molecule has 0 aromatic carbocycles. The molecule has 0 aromatic rings. The first-order valence-electron chi connectivity index (χ1n) is 7.55. The molecule has 1 unspecified atom stereocenters. The molecule has 0 aromatic heterocycles. The van der Waals surface area contributed by atoms with Crippen LogP contribution in [0.1, 0.15) is 41.0 Å². The van der Waals surface area contributed by atoms with Gasteiger partial charge in [0.2, 0.25) is 11.8 Å². The van der Waals surface area contributed by atoms with Gasteiger partial charge in [-0.1, -0.05) is 6.92 Å². The Labute approximate surface area is 135 Å². The zero-order valence-corrected chi connectivity index (χ0v) is 14.1. The van der Waals surface area contributed by atoms with Crippen LogP contribution in [0.3, 0.4) is 0 Å². The van der Waals surface area contributed by atoms with Gasteiger partial charge in [0, 0.05) is 24.5 Å². The van der Waals surface area contributed by atoms with Crippen LogP contribution >= 0.6 is 0 Å². The fourth-order valence-corrected chi connectivity index (χ4v) is 3.07. The highest BCUT2D eigenvalue weighted by Gasteiger charge is 2.47. The van der Waals surface area contributed by atoms with Crippen LogP contribution in [0, 0.1) is 5.92 Å². The molecule has 0 spiro atoms. The SMILES string of the molecule is CC1CC(=O)N(C(C)(C)OC(C)(C)CN2C(=O)C=CC2=O)C1=O. The van der Waals surface area contributed by atoms with Gasteiger partial charge in [-0.15, -0.1) is 0 Å². The van der Waals surface area contributed by atoms with E-state index in [0.29, 0.717) is 0 Å². The van der Waals surface area contributed by atoms with Crippen molar-refractivity contribution in [2.45, 2.75) is 52.4 Å². The normalized spacial score (nSPS) is 22.7. The van der Waals surface area contributed by atoms with Crippen LogP contribution in [-0.2, 0) is 23.9 Å². The first-order valence-corrected chi connectivity index (χ1v) is 7.55. The van der Waals surface area contributed by atoms with E-state index in [1.165, 1.54) is 12.2 Å². The second-order valence-corrected chi connectivity index (χ2v) is 7.08. The average molecular weight is 322 g/mol. The highest BCUT2D eigenvalue weighted by Crippen LogP contribution is 2.32. The minimum Gasteiger partial charge on any atom is -0.348 e. The van der Waals surface area contributed by atoms with Crippen LogP contribution in [0.4, 0.5) is 0 Å². The monoisotopic (exact) mass is 322 g/mol. The minimum absolute atomic E-state index is 0.0346. The molecule has 1 atom stereocenters. The lowest BCUT2D eigenvalue weighted by Crippen LogP contribution is -2.56. The van der Waals surface area contributed by atoms with E-state index in [0.717, 1.165) is 9.80 Å². The summed E-state index contributed by atoms with van der Waals surface area (Å²) in [5.41, 5.74) is -2.09. The Bertz CT molecular complexity index is 588.